The van der Waals surface area contributed by atoms with E-state index in [2.05, 4.69) is 0 Å². The number of phenolic OH excluding ortho intramolecular Hbond substituents is 3. The fourth-order valence-corrected chi connectivity index (χ4v) is 5.42. The van der Waals surface area contributed by atoms with Crippen molar-refractivity contribution in [3.05, 3.63) is 92.4 Å². The average molecular weight is 586 g/mol. The van der Waals surface area contributed by atoms with Gasteiger partial charge in [-0.15, -0.1) is 0 Å². The summed E-state index contributed by atoms with van der Waals surface area (Å²) in [4.78, 5) is 42.5. The molecule has 1 aliphatic heterocycles. The van der Waals surface area contributed by atoms with Gasteiger partial charge in [0.1, 0.15) is 28.1 Å². The summed E-state index contributed by atoms with van der Waals surface area (Å²) in [7, 11) is 1.45. The van der Waals surface area contributed by atoms with Gasteiger partial charge in [0.05, 0.1) is 32.0 Å². The first-order valence-corrected chi connectivity index (χ1v) is 13.5. The molecule has 3 heterocycles. The van der Waals surface area contributed by atoms with E-state index in [4.69, 9.17) is 18.3 Å². The Labute approximate surface area is 243 Å². The van der Waals surface area contributed by atoms with Gasteiger partial charge >= 0.3 is 0 Å². The molecule has 0 unspecified atom stereocenters. The molecule has 6 rings (SSSR count). The lowest BCUT2D eigenvalue weighted by Gasteiger charge is -2.29. The fourth-order valence-electron chi connectivity index (χ4n) is 5.42. The zero-order valence-electron chi connectivity index (χ0n) is 23.0. The molecule has 1 amide bonds. The molecular weight excluding hydrogens is 558 g/mol. The number of phenols is 3. The Bertz CT molecular complexity index is 1970. The minimum absolute atomic E-state index is 0.0446. The van der Waals surface area contributed by atoms with E-state index in [0.717, 1.165) is 6.07 Å². The number of benzene rings is 3. The first-order valence-electron chi connectivity index (χ1n) is 13.5. The minimum Gasteiger partial charge on any atom is -0.504 e. The zero-order valence-corrected chi connectivity index (χ0v) is 23.0. The Balaban J connectivity index is 1.65. The van der Waals surface area contributed by atoms with Crippen molar-refractivity contribution in [2.45, 2.75) is 12.3 Å². The minimum atomic E-state index is -1.27. The Morgan fingerprint density at radius 1 is 0.977 bits per heavy atom. The van der Waals surface area contributed by atoms with E-state index >= 15 is 0 Å². The van der Waals surface area contributed by atoms with Gasteiger partial charge in [-0.2, -0.15) is 0 Å². The summed E-state index contributed by atoms with van der Waals surface area (Å²) < 4.78 is 22.6. The lowest BCUT2D eigenvalue weighted by atomic mass is 9.85. The normalized spacial score (nSPS) is 14.2. The van der Waals surface area contributed by atoms with Crippen molar-refractivity contribution in [2.24, 2.45) is 0 Å². The number of amides is 1. The van der Waals surface area contributed by atoms with Crippen molar-refractivity contribution in [1.29, 1.82) is 0 Å². The number of carbonyl (C=O) groups excluding carboxylic acids is 1. The molecular formula is C32H27NO10. The Hall–Kier alpha value is -5.29. The third-order valence-electron chi connectivity index (χ3n) is 7.66. The van der Waals surface area contributed by atoms with Crippen LogP contribution in [0.15, 0.2) is 79.3 Å². The van der Waals surface area contributed by atoms with Crippen molar-refractivity contribution in [3.8, 4) is 34.3 Å². The molecule has 11 heteroatoms. The van der Waals surface area contributed by atoms with Gasteiger partial charge in [-0.1, -0.05) is 30.3 Å². The maximum atomic E-state index is 14.0. The van der Waals surface area contributed by atoms with Crippen LogP contribution >= 0.6 is 0 Å². The average Bonchev–Trinajstić information content (AvgIpc) is 3.04. The molecule has 220 valence electrons. The highest BCUT2D eigenvalue weighted by molar-refractivity contribution is 5.94. The lowest BCUT2D eigenvalue weighted by Crippen LogP contribution is -2.41. The monoisotopic (exact) mass is 585 g/mol. The molecule has 0 bridgehead atoms. The number of aromatic hydroxyl groups is 3. The van der Waals surface area contributed by atoms with Gasteiger partial charge in [-0.25, -0.2) is 0 Å². The van der Waals surface area contributed by atoms with Gasteiger partial charge in [0.15, 0.2) is 22.4 Å². The standard InChI is InChI=1S/C32H27NO10/c1-40-18-7-8-23-20(13-18)28(36)21(16-42-23)19(14-25(35)33-9-11-41-12-10-33)26-29(37)31(39)30(38)27-22(34)15-24(43-32(26)27)17-5-3-2-4-6-17/h2-8,13,15-16,19,37-39H,9-12,14H2,1H3/t19-/m1/s1. The third kappa shape index (κ3) is 4.93. The van der Waals surface area contributed by atoms with Gasteiger partial charge in [-0.05, 0) is 18.2 Å². The van der Waals surface area contributed by atoms with E-state index in [1.165, 1.54) is 19.4 Å². The SMILES string of the molecule is COc1ccc2occ([C@@H](CC(=O)N3CCOCC3)c3c(O)c(O)c(O)c4c(=O)cc(-c5ccccc5)oc34)c(=O)c2c1. The summed E-state index contributed by atoms with van der Waals surface area (Å²) in [6, 6.07) is 14.5. The van der Waals surface area contributed by atoms with E-state index in [9.17, 15) is 29.7 Å². The third-order valence-corrected chi connectivity index (χ3v) is 7.66. The first-order chi connectivity index (χ1) is 20.8. The largest absolute Gasteiger partial charge is 0.504 e. The van der Waals surface area contributed by atoms with Crippen molar-refractivity contribution in [2.75, 3.05) is 33.4 Å². The van der Waals surface area contributed by atoms with Gasteiger partial charge in [-0.3, -0.25) is 14.4 Å². The van der Waals surface area contributed by atoms with Crippen LogP contribution in [-0.4, -0.2) is 59.5 Å². The van der Waals surface area contributed by atoms with Crippen molar-refractivity contribution in [3.63, 3.8) is 0 Å². The van der Waals surface area contributed by atoms with E-state index in [0.29, 0.717) is 37.6 Å². The number of hydrogen-bond acceptors (Lipinski definition) is 10. The van der Waals surface area contributed by atoms with Crippen molar-refractivity contribution in [1.82, 2.24) is 4.90 Å². The van der Waals surface area contributed by atoms with Crippen LogP contribution in [0.1, 0.15) is 23.5 Å². The van der Waals surface area contributed by atoms with Gasteiger partial charge in [0, 0.05) is 48.2 Å². The number of nitrogens with zero attached hydrogens (tertiary/aromatic N) is 1. The predicted octanol–water partition coefficient (Wildman–Crippen LogP) is 4.07. The summed E-state index contributed by atoms with van der Waals surface area (Å²) in [5, 5.41) is 32.6. The van der Waals surface area contributed by atoms with E-state index < -0.39 is 39.4 Å². The molecule has 0 saturated carbocycles. The number of morpholine rings is 1. The molecule has 0 radical (unpaired) electrons. The first kappa shape index (κ1) is 27.9. The zero-order chi connectivity index (χ0) is 30.2. The lowest BCUT2D eigenvalue weighted by molar-refractivity contribution is -0.135. The van der Waals surface area contributed by atoms with Crippen LogP contribution in [0.25, 0.3) is 33.3 Å². The molecule has 1 atom stereocenters. The summed E-state index contributed by atoms with van der Waals surface area (Å²) in [6.45, 7) is 1.29. The predicted molar refractivity (Wildman–Crippen MR) is 156 cm³/mol. The molecule has 11 nitrogen and oxygen atoms in total. The second-order valence-electron chi connectivity index (χ2n) is 10.1. The smallest absolute Gasteiger partial charge is 0.223 e. The molecule has 1 saturated heterocycles. The topological polar surface area (TPSA) is 160 Å². The Kier molecular flexibility index (Phi) is 7.24. The van der Waals surface area contributed by atoms with E-state index in [1.807, 2.05) is 0 Å². The maximum Gasteiger partial charge on any atom is 0.223 e. The maximum absolute atomic E-state index is 14.0. The van der Waals surface area contributed by atoms with Crippen molar-refractivity contribution >= 4 is 27.8 Å². The van der Waals surface area contributed by atoms with Crippen LogP contribution in [0.4, 0.5) is 0 Å². The van der Waals surface area contributed by atoms with Gasteiger partial charge < -0.3 is 38.5 Å². The van der Waals surface area contributed by atoms with Crippen LogP contribution < -0.4 is 15.6 Å². The van der Waals surface area contributed by atoms with Crippen LogP contribution in [-0.2, 0) is 9.53 Å². The summed E-state index contributed by atoms with van der Waals surface area (Å²) in [5.41, 5.74) is -1.01. The second kappa shape index (κ2) is 11.2. The molecule has 43 heavy (non-hydrogen) atoms. The molecule has 3 aromatic carbocycles. The van der Waals surface area contributed by atoms with Crippen LogP contribution in [0.5, 0.6) is 23.0 Å². The van der Waals surface area contributed by atoms with E-state index in [1.54, 1.807) is 47.4 Å². The number of carbonyl (C=O) groups is 1. The number of methoxy groups -OCH3 is 1. The number of hydrogen-bond donors (Lipinski definition) is 3. The highest BCUT2D eigenvalue weighted by atomic mass is 16.5. The van der Waals surface area contributed by atoms with Crippen molar-refractivity contribution < 1.29 is 38.4 Å². The second-order valence-corrected chi connectivity index (χ2v) is 10.1. The van der Waals surface area contributed by atoms with Crippen LogP contribution in [0, 0.1) is 0 Å². The highest BCUT2D eigenvalue weighted by Crippen LogP contribution is 2.49. The summed E-state index contributed by atoms with van der Waals surface area (Å²) in [6.07, 6.45) is 0.815. The fraction of sp³-hybridized carbons (Fsp3) is 0.219. The molecule has 0 spiro atoms. The van der Waals surface area contributed by atoms with Crippen LogP contribution in [0.2, 0.25) is 0 Å². The van der Waals surface area contributed by atoms with Gasteiger partial charge in [0.25, 0.3) is 0 Å². The number of rotatable bonds is 6. The van der Waals surface area contributed by atoms with Gasteiger partial charge in [0.2, 0.25) is 11.7 Å². The number of ether oxygens (including phenoxy) is 2. The molecule has 1 aliphatic rings. The molecule has 0 aliphatic carbocycles. The summed E-state index contributed by atoms with van der Waals surface area (Å²) >= 11 is 0. The molecule has 5 aromatic rings. The molecule has 1 fully saturated rings. The number of fused-ring (bicyclic) bond motifs is 2. The van der Waals surface area contributed by atoms with Crippen LogP contribution in [0.3, 0.4) is 0 Å². The molecule has 3 N–H and O–H groups in total. The Morgan fingerprint density at radius 2 is 1.72 bits per heavy atom. The molecule has 2 aromatic heterocycles. The highest BCUT2D eigenvalue weighted by Gasteiger charge is 2.34. The van der Waals surface area contributed by atoms with E-state index in [-0.39, 0.29) is 45.8 Å². The summed E-state index contributed by atoms with van der Waals surface area (Å²) in [5.74, 6) is -3.87. The quantitative estimate of drug-likeness (QED) is 0.248. The Morgan fingerprint density at radius 3 is 2.44 bits per heavy atom.